The maximum Gasteiger partial charge on any atom is 0.343 e. The van der Waals surface area contributed by atoms with Gasteiger partial charge >= 0.3 is 5.97 Å². The molecule has 5 nitrogen and oxygen atoms in total. The van der Waals surface area contributed by atoms with Crippen LogP contribution in [0.15, 0.2) is 53.6 Å². The molecule has 0 heterocycles. The lowest BCUT2D eigenvalue weighted by Gasteiger charge is -2.19. The summed E-state index contributed by atoms with van der Waals surface area (Å²) in [5, 5.41) is 4.50. The zero-order chi connectivity index (χ0) is 19.1. The van der Waals surface area contributed by atoms with Crippen molar-refractivity contribution in [2.24, 2.45) is 11.0 Å². The number of carbonyl (C=O) groups is 2. The number of nitrogens with zero attached hydrogens (tertiary/aromatic N) is 1. The first-order chi connectivity index (χ1) is 13.1. The molecule has 0 saturated heterocycles. The maximum absolute atomic E-state index is 12.1. The highest BCUT2D eigenvalue weighted by molar-refractivity contribution is 6.30. The first-order valence-corrected chi connectivity index (χ1v) is 9.40. The third-order valence-electron chi connectivity index (χ3n) is 4.52. The SMILES string of the molecule is O=C(Oc1ccc(/C=N\NC(=O)C2CCCCC2)cc1)c1cccc(Cl)c1. The molecule has 0 atom stereocenters. The van der Waals surface area contributed by atoms with Crippen LogP contribution < -0.4 is 10.2 Å². The number of amides is 1. The van der Waals surface area contributed by atoms with Crippen LogP contribution in [0.2, 0.25) is 5.02 Å². The van der Waals surface area contributed by atoms with Gasteiger partial charge in [-0.05, 0) is 60.9 Å². The number of carbonyl (C=O) groups excluding carboxylic acids is 2. The number of hydrogen-bond acceptors (Lipinski definition) is 4. The molecule has 1 amide bonds. The number of ether oxygens (including phenoxy) is 1. The zero-order valence-corrected chi connectivity index (χ0v) is 15.6. The predicted molar refractivity (Wildman–Crippen MR) is 105 cm³/mol. The molecule has 0 aromatic heterocycles. The van der Waals surface area contributed by atoms with Gasteiger partial charge in [0.15, 0.2) is 0 Å². The molecule has 0 bridgehead atoms. The van der Waals surface area contributed by atoms with Gasteiger partial charge in [0.1, 0.15) is 5.75 Å². The summed E-state index contributed by atoms with van der Waals surface area (Å²) in [5.74, 6) is 0.00392. The Balaban J connectivity index is 1.52. The van der Waals surface area contributed by atoms with Gasteiger partial charge in [-0.2, -0.15) is 5.10 Å². The molecule has 1 aliphatic rings. The van der Waals surface area contributed by atoms with E-state index in [9.17, 15) is 9.59 Å². The van der Waals surface area contributed by atoms with E-state index >= 15 is 0 Å². The third kappa shape index (κ3) is 5.66. The van der Waals surface area contributed by atoms with E-state index < -0.39 is 5.97 Å². The zero-order valence-electron chi connectivity index (χ0n) is 14.9. The van der Waals surface area contributed by atoms with E-state index in [-0.39, 0.29) is 11.8 Å². The van der Waals surface area contributed by atoms with Gasteiger partial charge in [-0.3, -0.25) is 4.79 Å². The van der Waals surface area contributed by atoms with Crippen LogP contribution in [0.25, 0.3) is 0 Å². The third-order valence-corrected chi connectivity index (χ3v) is 4.75. The van der Waals surface area contributed by atoms with E-state index in [1.165, 1.54) is 6.42 Å². The number of nitrogens with one attached hydrogen (secondary N) is 1. The van der Waals surface area contributed by atoms with E-state index in [4.69, 9.17) is 16.3 Å². The normalized spacial score (nSPS) is 14.9. The summed E-state index contributed by atoms with van der Waals surface area (Å²) in [6.45, 7) is 0. The summed E-state index contributed by atoms with van der Waals surface area (Å²) in [5.41, 5.74) is 3.79. The minimum Gasteiger partial charge on any atom is -0.423 e. The van der Waals surface area contributed by atoms with Crippen LogP contribution in [0.4, 0.5) is 0 Å². The highest BCUT2D eigenvalue weighted by atomic mass is 35.5. The van der Waals surface area contributed by atoms with E-state index in [0.29, 0.717) is 16.3 Å². The van der Waals surface area contributed by atoms with Crippen LogP contribution in [0.3, 0.4) is 0 Å². The molecule has 1 aliphatic carbocycles. The van der Waals surface area contributed by atoms with Crippen molar-refractivity contribution in [3.05, 3.63) is 64.7 Å². The summed E-state index contributed by atoms with van der Waals surface area (Å²) in [6.07, 6.45) is 6.88. The Morgan fingerprint density at radius 2 is 1.81 bits per heavy atom. The molecule has 0 spiro atoms. The number of esters is 1. The molecule has 0 aliphatic heterocycles. The van der Waals surface area contributed by atoms with Crippen molar-refractivity contribution < 1.29 is 14.3 Å². The minimum atomic E-state index is -0.473. The van der Waals surface area contributed by atoms with Gasteiger partial charge in [0.2, 0.25) is 5.91 Å². The molecule has 2 aromatic carbocycles. The van der Waals surface area contributed by atoms with E-state index in [0.717, 1.165) is 31.2 Å². The highest BCUT2D eigenvalue weighted by Crippen LogP contribution is 2.23. The lowest BCUT2D eigenvalue weighted by molar-refractivity contribution is -0.125. The van der Waals surface area contributed by atoms with Crippen molar-refractivity contribution >= 4 is 29.7 Å². The fourth-order valence-electron chi connectivity index (χ4n) is 3.03. The van der Waals surface area contributed by atoms with Crippen molar-refractivity contribution in [1.29, 1.82) is 0 Å². The van der Waals surface area contributed by atoms with E-state index in [1.807, 2.05) is 0 Å². The molecule has 27 heavy (non-hydrogen) atoms. The van der Waals surface area contributed by atoms with E-state index in [1.54, 1.807) is 54.7 Å². The van der Waals surface area contributed by atoms with Crippen LogP contribution in [0, 0.1) is 5.92 Å². The van der Waals surface area contributed by atoms with Crippen LogP contribution >= 0.6 is 11.6 Å². The average Bonchev–Trinajstić information content (AvgIpc) is 2.70. The lowest BCUT2D eigenvalue weighted by Crippen LogP contribution is -2.28. The fourth-order valence-corrected chi connectivity index (χ4v) is 3.22. The Morgan fingerprint density at radius 3 is 2.52 bits per heavy atom. The molecule has 1 fully saturated rings. The summed E-state index contributed by atoms with van der Waals surface area (Å²) in [6, 6.07) is 13.5. The Bertz CT molecular complexity index is 828. The van der Waals surface area contributed by atoms with Gasteiger partial charge in [0.05, 0.1) is 11.8 Å². The predicted octanol–water partition coefficient (Wildman–Crippen LogP) is 4.59. The molecule has 0 unspecified atom stereocenters. The van der Waals surface area contributed by atoms with Crippen molar-refractivity contribution in [1.82, 2.24) is 5.43 Å². The smallest absolute Gasteiger partial charge is 0.343 e. The molecule has 6 heteroatoms. The lowest BCUT2D eigenvalue weighted by atomic mass is 9.89. The minimum absolute atomic E-state index is 0.0157. The number of benzene rings is 2. The molecule has 2 aromatic rings. The van der Waals surface area contributed by atoms with Gasteiger partial charge in [0.25, 0.3) is 0 Å². The number of rotatable bonds is 5. The van der Waals surface area contributed by atoms with Crippen LogP contribution in [0.5, 0.6) is 5.75 Å². The van der Waals surface area contributed by atoms with Gasteiger partial charge in [-0.25, -0.2) is 10.2 Å². The summed E-state index contributed by atoms with van der Waals surface area (Å²) in [7, 11) is 0. The fraction of sp³-hybridized carbons (Fsp3) is 0.286. The van der Waals surface area contributed by atoms with Crippen molar-refractivity contribution in [3.63, 3.8) is 0 Å². The summed E-state index contributed by atoms with van der Waals surface area (Å²) < 4.78 is 5.32. The second-order valence-electron chi connectivity index (χ2n) is 6.54. The molecule has 1 N–H and O–H groups in total. The maximum atomic E-state index is 12.1. The van der Waals surface area contributed by atoms with Crippen LogP contribution in [0.1, 0.15) is 48.0 Å². The average molecular weight is 385 g/mol. The van der Waals surface area contributed by atoms with E-state index in [2.05, 4.69) is 10.5 Å². The summed E-state index contributed by atoms with van der Waals surface area (Å²) >= 11 is 5.88. The molecular formula is C21H21ClN2O3. The Morgan fingerprint density at radius 1 is 1.07 bits per heavy atom. The van der Waals surface area contributed by atoms with Crippen molar-refractivity contribution in [2.45, 2.75) is 32.1 Å². The van der Waals surface area contributed by atoms with Crippen LogP contribution in [-0.2, 0) is 4.79 Å². The van der Waals surface area contributed by atoms with Gasteiger partial charge in [0, 0.05) is 10.9 Å². The number of hydrogen-bond donors (Lipinski definition) is 1. The second kappa shape index (κ2) is 9.33. The standard InChI is InChI=1S/C21H21ClN2O3/c22-18-8-4-7-17(13-18)21(26)27-19-11-9-15(10-12-19)14-23-24-20(25)16-5-2-1-3-6-16/h4,7-14,16H,1-3,5-6H2,(H,24,25)/b23-14-. The molecular weight excluding hydrogens is 364 g/mol. The molecule has 0 radical (unpaired) electrons. The topological polar surface area (TPSA) is 67.8 Å². The second-order valence-corrected chi connectivity index (χ2v) is 6.97. The summed E-state index contributed by atoms with van der Waals surface area (Å²) in [4.78, 5) is 24.1. The Hall–Kier alpha value is -2.66. The monoisotopic (exact) mass is 384 g/mol. The van der Waals surface area contributed by atoms with Gasteiger partial charge in [-0.15, -0.1) is 0 Å². The quantitative estimate of drug-likeness (QED) is 0.355. The first kappa shape index (κ1) is 19.1. The molecule has 1 saturated carbocycles. The Labute approximate surface area is 163 Å². The Kier molecular flexibility index (Phi) is 6.60. The van der Waals surface area contributed by atoms with Gasteiger partial charge < -0.3 is 4.74 Å². The number of hydrazone groups is 1. The molecule has 3 rings (SSSR count). The highest BCUT2D eigenvalue weighted by Gasteiger charge is 2.20. The number of halogens is 1. The first-order valence-electron chi connectivity index (χ1n) is 9.02. The van der Waals surface area contributed by atoms with Gasteiger partial charge in [-0.1, -0.05) is 36.9 Å². The van der Waals surface area contributed by atoms with Crippen molar-refractivity contribution in [3.8, 4) is 5.75 Å². The van der Waals surface area contributed by atoms with Crippen LogP contribution in [-0.4, -0.2) is 18.1 Å². The largest absolute Gasteiger partial charge is 0.423 e. The molecule has 140 valence electrons. The van der Waals surface area contributed by atoms with Crippen molar-refractivity contribution in [2.75, 3.05) is 0 Å².